The molecule has 0 aromatic carbocycles. The molecule has 3 aliphatic rings. The molecule has 3 rings (SSSR count). The molecule has 0 amide bonds. The average molecular weight is 267 g/mol. The van der Waals surface area contributed by atoms with Crippen LogP contribution in [0, 0.1) is 11.3 Å². The zero-order chi connectivity index (χ0) is 13.3. The number of aliphatic imine (C=N–C) groups is 1. The molecule has 108 valence electrons. The van der Waals surface area contributed by atoms with Gasteiger partial charge in [0.25, 0.3) is 0 Å². The van der Waals surface area contributed by atoms with E-state index in [1.54, 1.807) is 0 Å². The van der Waals surface area contributed by atoms with Crippen LogP contribution in [-0.4, -0.2) is 62.0 Å². The topological polar surface area (TPSA) is 57.1 Å². The Labute approximate surface area is 115 Å². The first kappa shape index (κ1) is 13.2. The largest absolute Gasteiger partial charge is 0.392 e. The van der Waals surface area contributed by atoms with Crippen LogP contribution in [0.1, 0.15) is 25.7 Å². The first-order chi connectivity index (χ1) is 9.21. The Balaban J connectivity index is 1.55. The van der Waals surface area contributed by atoms with Crippen molar-refractivity contribution >= 4 is 5.96 Å². The van der Waals surface area contributed by atoms with Crippen molar-refractivity contribution in [2.24, 2.45) is 16.3 Å². The summed E-state index contributed by atoms with van der Waals surface area (Å²) in [7, 11) is 2.06. The van der Waals surface area contributed by atoms with Gasteiger partial charge in [-0.25, -0.2) is 0 Å². The van der Waals surface area contributed by atoms with Gasteiger partial charge in [0.2, 0.25) is 0 Å². The molecule has 2 atom stereocenters. The monoisotopic (exact) mass is 267 g/mol. The summed E-state index contributed by atoms with van der Waals surface area (Å²) in [4.78, 5) is 6.58. The Morgan fingerprint density at radius 3 is 2.89 bits per heavy atom. The Morgan fingerprint density at radius 1 is 1.42 bits per heavy atom. The number of nitrogens with one attached hydrogen (secondary N) is 1. The third kappa shape index (κ3) is 2.46. The summed E-state index contributed by atoms with van der Waals surface area (Å²) in [6, 6.07) is 0. The summed E-state index contributed by atoms with van der Waals surface area (Å²) in [5.41, 5.74) is 0.133. The highest BCUT2D eigenvalue weighted by Crippen LogP contribution is 2.48. The second kappa shape index (κ2) is 5.29. The van der Waals surface area contributed by atoms with Crippen LogP contribution in [-0.2, 0) is 4.74 Å². The number of rotatable bonds is 2. The fraction of sp³-hybridized carbons (Fsp3) is 0.929. The van der Waals surface area contributed by atoms with Crippen LogP contribution in [0.4, 0.5) is 0 Å². The number of likely N-dealkylation sites (N-methyl/N-ethyl adjacent to an activating group) is 1. The summed E-state index contributed by atoms with van der Waals surface area (Å²) in [5, 5.41) is 14.1. The van der Waals surface area contributed by atoms with E-state index in [2.05, 4.69) is 22.3 Å². The maximum atomic E-state index is 10.7. The molecular weight excluding hydrogens is 242 g/mol. The molecule has 1 saturated heterocycles. The van der Waals surface area contributed by atoms with Crippen LogP contribution >= 0.6 is 0 Å². The van der Waals surface area contributed by atoms with Gasteiger partial charge >= 0.3 is 0 Å². The first-order valence-electron chi connectivity index (χ1n) is 7.47. The van der Waals surface area contributed by atoms with Gasteiger partial charge in [-0.3, -0.25) is 4.99 Å². The first-order valence-corrected chi connectivity index (χ1v) is 7.47. The molecule has 1 aliphatic carbocycles. The minimum atomic E-state index is -0.184. The molecule has 2 fully saturated rings. The Morgan fingerprint density at radius 2 is 2.21 bits per heavy atom. The Hall–Kier alpha value is -0.810. The fourth-order valence-electron chi connectivity index (χ4n) is 3.76. The number of aliphatic hydroxyl groups is 1. The highest BCUT2D eigenvalue weighted by atomic mass is 16.5. The molecule has 2 aliphatic heterocycles. The zero-order valence-electron chi connectivity index (χ0n) is 11.8. The van der Waals surface area contributed by atoms with Crippen LogP contribution in [0.25, 0.3) is 0 Å². The fourth-order valence-corrected chi connectivity index (χ4v) is 3.76. The Kier molecular flexibility index (Phi) is 3.67. The summed E-state index contributed by atoms with van der Waals surface area (Å²) in [6.07, 6.45) is 4.12. The van der Waals surface area contributed by atoms with Crippen LogP contribution in [0.15, 0.2) is 4.99 Å². The van der Waals surface area contributed by atoms with Gasteiger partial charge in [-0.1, -0.05) is 0 Å². The third-order valence-corrected chi connectivity index (χ3v) is 5.16. The molecule has 1 spiro atoms. The van der Waals surface area contributed by atoms with E-state index in [-0.39, 0.29) is 11.5 Å². The highest BCUT2D eigenvalue weighted by molar-refractivity contribution is 5.81. The van der Waals surface area contributed by atoms with Crippen molar-refractivity contribution in [3.8, 4) is 0 Å². The lowest BCUT2D eigenvalue weighted by atomic mass is 9.76. The van der Waals surface area contributed by atoms with Gasteiger partial charge < -0.3 is 20.1 Å². The smallest absolute Gasteiger partial charge is 0.193 e. The van der Waals surface area contributed by atoms with E-state index < -0.39 is 0 Å². The van der Waals surface area contributed by atoms with Crippen molar-refractivity contribution in [3.63, 3.8) is 0 Å². The van der Waals surface area contributed by atoms with Crippen LogP contribution in [0.2, 0.25) is 0 Å². The van der Waals surface area contributed by atoms with Crippen molar-refractivity contribution in [2.75, 3.05) is 39.9 Å². The van der Waals surface area contributed by atoms with Crippen molar-refractivity contribution in [1.29, 1.82) is 0 Å². The minimum absolute atomic E-state index is 0.133. The van der Waals surface area contributed by atoms with Gasteiger partial charge in [-0.05, 0) is 25.7 Å². The van der Waals surface area contributed by atoms with E-state index in [4.69, 9.17) is 4.74 Å². The lowest BCUT2D eigenvalue weighted by molar-refractivity contribution is -0.0553. The number of hydrogen-bond donors (Lipinski definition) is 2. The van der Waals surface area contributed by atoms with Crippen molar-refractivity contribution in [2.45, 2.75) is 31.8 Å². The molecule has 0 bridgehead atoms. The average Bonchev–Trinajstić information content (AvgIpc) is 2.96. The predicted octanol–water partition coefficient (Wildman–Crippen LogP) is 0.445. The predicted molar refractivity (Wildman–Crippen MR) is 74.2 cm³/mol. The number of nitrogens with zero attached hydrogens (tertiary/aromatic N) is 2. The van der Waals surface area contributed by atoms with Crippen molar-refractivity contribution in [1.82, 2.24) is 10.2 Å². The second-order valence-corrected chi connectivity index (χ2v) is 6.23. The second-order valence-electron chi connectivity index (χ2n) is 6.23. The van der Waals surface area contributed by atoms with Gasteiger partial charge in [0.05, 0.1) is 12.6 Å². The number of hydrogen-bond acceptors (Lipinski definition) is 5. The van der Waals surface area contributed by atoms with Gasteiger partial charge in [0.15, 0.2) is 5.96 Å². The molecular formula is C14H25N3O2. The standard InChI is InChI=1S/C14H25N3O2/c1-17-7-6-15-13(17)16-10-11-2-3-14(12(11)18)4-8-19-9-5-14/h11-12,18H,2-10H2,1H3,(H,15,16). The van der Waals surface area contributed by atoms with Gasteiger partial charge in [-0.2, -0.15) is 0 Å². The number of ether oxygens (including phenoxy) is 1. The van der Waals surface area contributed by atoms with Crippen molar-refractivity contribution < 1.29 is 9.84 Å². The molecule has 2 N–H and O–H groups in total. The van der Waals surface area contributed by atoms with Crippen molar-refractivity contribution in [3.05, 3.63) is 0 Å². The van der Waals surface area contributed by atoms with E-state index in [1.165, 1.54) is 0 Å². The molecule has 5 heteroatoms. The minimum Gasteiger partial charge on any atom is -0.392 e. The summed E-state index contributed by atoms with van der Waals surface area (Å²) in [5.74, 6) is 1.34. The van der Waals surface area contributed by atoms with Gasteiger partial charge in [0, 0.05) is 44.7 Å². The van der Waals surface area contributed by atoms with E-state index in [9.17, 15) is 5.11 Å². The molecule has 0 aromatic rings. The molecule has 2 heterocycles. The lowest BCUT2D eigenvalue weighted by Crippen LogP contribution is -2.43. The summed E-state index contributed by atoms with van der Waals surface area (Å²) in [6.45, 7) is 4.34. The lowest BCUT2D eigenvalue weighted by Gasteiger charge is -2.37. The van der Waals surface area contributed by atoms with E-state index in [0.29, 0.717) is 5.92 Å². The van der Waals surface area contributed by atoms with E-state index in [0.717, 1.165) is 64.5 Å². The van der Waals surface area contributed by atoms with Crippen LogP contribution in [0.3, 0.4) is 0 Å². The molecule has 2 unspecified atom stereocenters. The highest BCUT2D eigenvalue weighted by Gasteiger charge is 2.48. The summed E-state index contributed by atoms with van der Waals surface area (Å²) < 4.78 is 5.44. The number of guanidine groups is 1. The molecule has 5 nitrogen and oxygen atoms in total. The number of aliphatic hydroxyl groups excluding tert-OH is 1. The van der Waals surface area contributed by atoms with Crippen LogP contribution in [0.5, 0.6) is 0 Å². The SMILES string of the molecule is CN1CCN=C1NCC1CCC2(CCOCC2)C1O. The van der Waals surface area contributed by atoms with E-state index in [1.807, 2.05) is 0 Å². The molecule has 1 saturated carbocycles. The van der Waals surface area contributed by atoms with Gasteiger partial charge in [-0.15, -0.1) is 0 Å². The molecule has 0 radical (unpaired) electrons. The molecule has 19 heavy (non-hydrogen) atoms. The maximum absolute atomic E-state index is 10.7. The third-order valence-electron chi connectivity index (χ3n) is 5.16. The Bertz CT molecular complexity index is 353. The molecule has 0 aromatic heterocycles. The van der Waals surface area contributed by atoms with E-state index >= 15 is 0 Å². The zero-order valence-corrected chi connectivity index (χ0v) is 11.8. The summed E-state index contributed by atoms with van der Waals surface area (Å²) >= 11 is 0. The van der Waals surface area contributed by atoms with Gasteiger partial charge in [0.1, 0.15) is 0 Å². The quantitative estimate of drug-likeness (QED) is 0.762. The normalized spacial score (nSPS) is 33.8. The maximum Gasteiger partial charge on any atom is 0.193 e. The van der Waals surface area contributed by atoms with Crippen LogP contribution < -0.4 is 5.32 Å².